The van der Waals surface area contributed by atoms with Gasteiger partial charge in [-0.25, -0.2) is 0 Å². The summed E-state index contributed by atoms with van der Waals surface area (Å²) in [5.74, 6) is 0.865. The first-order valence-corrected chi connectivity index (χ1v) is 11.0. The van der Waals surface area contributed by atoms with Gasteiger partial charge in [-0.2, -0.15) is 0 Å². The van der Waals surface area contributed by atoms with E-state index in [-0.39, 0.29) is 11.7 Å². The number of hydrogen-bond donors (Lipinski definition) is 2. The molecule has 1 unspecified atom stereocenters. The van der Waals surface area contributed by atoms with Crippen LogP contribution in [0.5, 0.6) is 11.5 Å². The average molecular weight is 432 g/mol. The van der Waals surface area contributed by atoms with Crippen molar-refractivity contribution in [3.63, 3.8) is 0 Å². The van der Waals surface area contributed by atoms with Crippen molar-refractivity contribution in [2.24, 2.45) is 0 Å². The Kier molecular flexibility index (Phi) is 6.92. The Hall–Kier alpha value is -3.51. The summed E-state index contributed by atoms with van der Waals surface area (Å²) in [5, 5.41) is 13.3. The summed E-state index contributed by atoms with van der Waals surface area (Å²) in [6, 6.07) is 24.3. The smallest absolute Gasteiger partial charge is 0.246 e. The minimum Gasteiger partial charge on any atom is -0.506 e. The van der Waals surface area contributed by atoms with Crippen LogP contribution in [0.25, 0.3) is 0 Å². The number of anilines is 2. The van der Waals surface area contributed by atoms with Crippen LogP contribution in [0.3, 0.4) is 0 Å². The summed E-state index contributed by atoms with van der Waals surface area (Å²) in [6.45, 7) is 5.31. The molecule has 1 amide bonds. The number of nitrogens with zero attached hydrogens (tertiary/aromatic N) is 2. The highest BCUT2D eigenvalue weighted by Crippen LogP contribution is 2.31. The number of para-hydroxylation sites is 4. The SMILES string of the molecule is CCOc1ccccc1NC(=O)C(c1ccccc1)N1CCN(c2ccccc2O)CC1. The van der Waals surface area contributed by atoms with Crippen molar-refractivity contribution in [1.82, 2.24) is 4.90 Å². The van der Waals surface area contributed by atoms with Gasteiger partial charge in [0.15, 0.2) is 0 Å². The van der Waals surface area contributed by atoms with E-state index in [4.69, 9.17) is 4.74 Å². The summed E-state index contributed by atoms with van der Waals surface area (Å²) >= 11 is 0. The second kappa shape index (κ2) is 10.2. The normalized spacial score (nSPS) is 15.2. The molecular formula is C26H29N3O3. The van der Waals surface area contributed by atoms with Gasteiger partial charge in [-0.3, -0.25) is 9.69 Å². The van der Waals surface area contributed by atoms with Crippen LogP contribution in [-0.2, 0) is 4.79 Å². The lowest BCUT2D eigenvalue weighted by Crippen LogP contribution is -2.50. The molecular weight excluding hydrogens is 402 g/mol. The highest BCUT2D eigenvalue weighted by atomic mass is 16.5. The Balaban J connectivity index is 1.53. The van der Waals surface area contributed by atoms with Crippen molar-refractivity contribution in [2.45, 2.75) is 13.0 Å². The first kappa shape index (κ1) is 21.7. The number of hydrogen-bond acceptors (Lipinski definition) is 5. The molecule has 0 aliphatic carbocycles. The molecule has 0 saturated carbocycles. The topological polar surface area (TPSA) is 65.0 Å². The second-order valence-corrected chi connectivity index (χ2v) is 7.74. The van der Waals surface area contributed by atoms with Crippen molar-refractivity contribution in [1.29, 1.82) is 0 Å². The number of piperazine rings is 1. The molecule has 3 aromatic carbocycles. The molecule has 0 radical (unpaired) electrons. The molecule has 1 aliphatic rings. The number of aromatic hydroxyl groups is 1. The fraction of sp³-hybridized carbons (Fsp3) is 0.269. The highest BCUT2D eigenvalue weighted by Gasteiger charge is 2.31. The van der Waals surface area contributed by atoms with E-state index in [1.54, 1.807) is 6.07 Å². The molecule has 1 heterocycles. The number of amides is 1. The predicted octanol–water partition coefficient (Wildman–Crippen LogP) is 4.29. The number of carbonyl (C=O) groups excluding carboxylic acids is 1. The van der Waals surface area contributed by atoms with Gasteiger partial charge in [0.1, 0.15) is 17.5 Å². The molecule has 3 aromatic rings. The molecule has 6 heteroatoms. The minimum atomic E-state index is -0.419. The van der Waals surface area contributed by atoms with Crippen LogP contribution in [0.15, 0.2) is 78.9 Å². The fourth-order valence-electron chi connectivity index (χ4n) is 4.17. The van der Waals surface area contributed by atoms with E-state index in [0.29, 0.717) is 31.1 Å². The summed E-state index contributed by atoms with van der Waals surface area (Å²) < 4.78 is 5.68. The van der Waals surface area contributed by atoms with E-state index in [0.717, 1.165) is 24.3 Å². The van der Waals surface area contributed by atoms with Crippen LogP contribution in [-0.4, -0.2) is 48.7 Å². The number of phenols is 1. The lowest BCUT2D eigenvalue weighted by atomic mass is 10.0. The molecule has 1 aliphatic heterocycles. The highest BCUT2D eigenvalue weighted by molar-refractivity contribution is 5.96. The monoisotopic (exact) mass is 431 g/mol. The van der Waals surface area contributed by atoms with Gasteiger partial charge in [-0.1, -0.05) is 54.6 Å². The Bertz CT molecular complexity index is 1030. The van der Waals surface area contributed by atoms with Gasteiger partial charge in [0.05, 0.1) is 18.0 Å². The zero-order valence-electron chi connectivity index (χ0n) is 18.3. The largest absolute Gasteiger partial charge is 0.506 e. The third kappa shape index (κ3) is 4.86. The van der Waals surface area contributed by atoms with Gasteiger partial charge < -0.3 is 20.1 Å². The Morgan fingerprint density at radius 1 is 0.938 bits per heavy atom. The van der Waals surface area contributed by atoms with Gasteiger partial charge >= 0.3 is 0 Å². The van der Waals surface area contributed by atoms with Crippen molar-refractivity contribution in [2.75, 3.05) is 43.0 Å². The predicted molar refractivity (Wildman–Crippen MR) is 127 cm³/mol. The third-order valence-corrected chi connectivity index (χ3v) is 5.71. The number of nitrogens with one attached hydrogen (secondary N) is 1. The van der Waals surface area contributed by atoms with Crippen LogP contribution in [0.2, 0.25) is 0 Å². The summed E-state index contributed by atoms with van der Waals surface area (Å²) in [6.07, 6.45) is 0. The van der Waals surface area contributed by atoms with Crippen LogP contribution < -0.4 is 15.0 Å². The van der Waals surface area contributed by atoms with Gasteiger partial charge in [0.25, 0.3) is 0 Å². The first-order chi connectivity index (χ1) is 15.7. The van der Waals surface area contributed by atoms with Crippen LogP contribution in [0.1, 0.15) is 18.5 Å². The Labute approximate surface area is 189 Å². The molecule has 1 saturated heterocycles. The molecule has 6 nitrogen and oxygen atoms in total. The molecule has 0 aromatic heterocycles. The van der Waals surface area contributed by atoms with Crippen molar-refractivity contribution < 1.29 is 14.6 Å². The van der Waals surface area contributed by atoms with Crippen molar-refractivity contribution in [3.05, 3.63) is 84.4 Å². The quantitative estimate of drug-likeness (QED) is 0.584. The molecule has 2 N–H and O–H groups in total. The van der Waals surface area contributed by atoms with E-state index in [1.807, 2.05) is 79.7 Å². The fourth-order valence-corrected chi connectivity index (χ4v) is 4.17. The van der Waals surface area contributed by atoms with E-state index >= 15 is 0 Å². The number of rotatable bonds is 7. The first-order valence-electron chi connectivity index (χ1n) is 11.0. The lowest BCUT2D eigenvalue weighted by Gasteiger charge is -2.40. The summed E-state index contributed by atoms with van der Waals surface area (Å²) in [4.78, 5) is 17.9. The minimum absolute atomic E-state index is 0.0839. The molecule has 4 rings (SSSR count). The molecule has 1 atom stereocenters. The van der Waals surface area contributed by atoms with Crippen LogP contribution >= 0.6 is 0 Å². The maximum atomic E-state index is 13.5. The standard InChI is InChI=1S/C26H29N3O3/c1-2-32-24-15-9-6-12-21(24)27-26(31)25(20-10-4-3-5-11-20)29-18-16-28(17-19-29)22-13-7-8-14-23(22)30/h3-15,25,30H,2,16-19H2,1H3,(H,27,31). The van der Waals surface area contributed by atoms with E-state index < -0.39 is 6.04 Å². The number of carbonyl (C=O) groups is 1. The van der Waals surface area contributed by atoms with E-state index in [1.165, 1.54) is 0 Å². The second-order valence-electron chi connectivity index (χ2n) is 7.74. The van der Waals surface area contributed by atoms with Crippen molar-refractivity contribution >= 4 is 17.3 Å². The molecule has 1 fully saturated rings. The maximum Gasteiger partial charge on any atom is 0.246 e. The van der Waals surface area contributed by atoms with Crippen molar-refractivity contribution in [3.8, 4) is 11.5 Å². The Morgan fingerprint density at radius 2 is 1.59 bits per heavy atom. The van der Waals surface area contributed by atoms with Gasteiger partial charge in [0.2, 0.25) is 5.91 Å². The summed E-state index contributed by atoms with van der Waals surface area (Å²) in [5.41, 5.74) is 2.46. The van der Waals surface area contributed by atoms with Crippen LogP contribution in [0, 0.1) is 0 Å². The summed E-state index contributed by atoms with van der Waals surface area (Å²) in [7, 11) is 0. The Morgan fingerprint density at radius 3 is 2.31 bits per heavy atom. The molecule has 0 bridgehead atoms. The van der Waals surface area contributed by atoms with Crippen LogP contribution in [0.4, 0.5) is 11.4 Å². The lowest BCUT2D eigenvalue weighted by molar-refractivity contribution is -0.121. The average Bonchev–Trinajstić information content (AvgIpc) is 2.82. The molecule has 166 valence electrons. The zero-order chi connectivity index (χ0) is 22.3. The number of ether oxygens (including phenoxy) is 1. The number of phenolic OH excluding ortho intramolecular Hbond substituents is 1. The zero-order valence-corrected chi connectivity index (χ0v) is 18.3. The third-order valence-electron chi connectivity index (χ3n) is 5.71. The molecule has 0 spiro atoms. The van der Waals surface area contributed by atoms with Gasteiger partial charge in [-0.15, -0.1) is 0 Å². The van der Waals surface area contributed by atoms with Gasteiger partial charge in [-0.05, 0) is 36.8 Å². The maximum absolute atomic E-state index is 13.5. The van der Waals surface area contributed by atoms with E-state index in [2.05, 4.69) is 15.1 Å². The van der Waals surface area contributed by atoms with E-state index in [9.17, 15) is 9.90 Å². The molecule has 32 heavy (non-hydrogen) atoms. The van der Waals surface area contributed by atoms with Gasteiger partial charge in [0, 0.05) is 26.2 Å². The number of benzene rings is 3.